The molecule has 1 aromatic heterocycles. The van der Waals surface area contributed by atoms with E-state index in [4.69, 9.17) is 9.84 Å². The first-order valence-corrected chi connectivity index (χ1v) is 4.37. The highest BCUT2D eigenvalue weighted by atomic mass is 16.5. The van der Waals surface area contributed by atoms with E-state index < -0.39 is 5.97 Å². The molecule has 0 unspecified atom stereocenters. The summed E-state index contributed by atoms with van der Waals surface area (Å²) in [6.07, 6.45) is 2.84. The van der Waals surface area contributed by atoms with Gasteiger partial charge in [-0.25, -0.2) is 4.79 Å². The molecule has 1 N–H and O–H groups in total. The molecule has 4 heteroatoms. The number of hydrogen-bond donors (Lipinski definition) is 1. The minimum atomic E-state index is -1.02. The summed E-state index contributed by atoms with van der Waals surface area (Å²) >= 11 is 0. The largest absolute Gasteiger partial charge is 0.490 e. The van der Waals surface area contributed by atoms with Crippen molar-refractivity contribution in [1.29, 1.82) is 0 Å². The number of aromatic nitrogens is 1. The molecule has 0 aliphatic carbocycles. The van der Waals surface area contributed by atoms with Crippen molar-refractivity contribution in [3.63, 3.8) is 0 Å². The van der Waals surface area contributed by atoms with E-state index >= 15 is 0 Å². The number of pyridine rings is 1. The molecule has 0 saturated carbocycles. The molecule has 1 aromatic rings. The molecule has 0 fully saturated rings. The van der Waals surface area contributed by atoms with Crippen molar-refractivity contribution < 1.29 is 14.6 Å². The zero-order chi connectivity index (χ0) is 10.7. The van der Waals surface area contributed by atoms with Crippen LogP contribution in [0.5, 0.6) is 5.75 Å². The highest BCUT2D eigenvalue weighted by molar-refractivity contribution is 5.90. The average Bonchev–Trinajstić information content (AvgIpc) is 2.07. The summed E-state index contributed by atoms with van der Waals surface area (Å²) in [7, 11) is 0. The van der Waals surface area contributed by atoms with Crippen molar-refractivity contribution in [2.24, 2.45) is 0 Å². The van der Waals surface area contributed by atoms with Gasteiger partial charge >= 0.3 is 5.97 Å². The number of ether oxygens (including phenoxy) is 1. The highest BCUT2D eigenvalue weighted by Gasteiger charge is 2.14. The lowest BCUT2D eigenvalue weighted by molar-refractivity contribution is 0.0689. The molecule has 1 heterocycles. The Balaban J connectivity index is 3.15. The Labute approximate surface area is 82.5 Å². The van der Waals surface area contributed by atoms with Gasteiger partial charge in [0.25, 0.3) is 0 Å². The molecule has 0 atom stereocenters. The van der Waals surface area contributed by atoms with Crippen LogP contribution in [0.2, 0.25) is 0 Å². The molecule has 0 saturated heterocycles. The number of hydrogen-bond acceptors (Lipinski definition) is 3. The van der Waals surface area contributed by atoms with E-state index in [9.17, 15) is 4.79 Å². The second kappa shape index (κ2) is 4.09. The van der Waals surface area contributed by atoms with Gasteiger partial charge in [-0.05, 0) is 20.8 Å². The Morgan fingerprint density at radius 2 is 2.14 bits per heavy atom. The Bertz CT molecular complexity index is 347. The summed E-state index contributed by atoms with van der Waals surface area (Å²) < 4.78 is 5.42. The standard InChI is InChI=1S/C10H13NO3/c1-6(2)14-9-7(3)4-11-5-8(9)10(12)13/h4-6H,1-3H3,(H,12,13). The van der Waals surface area contributed by atoms with Crippen LogP contribution in [-0.4, -0.2) is 22.2 Å². The van der Waals surface area contributed by atoms with E-state index in [1.165, 1.54) is 6.20 Å². The van der Waals surface area contributed by atoms with Gasteiger partial charge in [-0.1, -0.05) is 0 Å². The molecule has 0 radical (unpaired) electrons. The fourth-order valence-electron chi connectivity index (χ4n) is 1.10. The highest BCUT2D eigenvalue weighted by Crippen LogP contribution is 2.23. The van der Waals surface area contributed by atoms with Crippen LogP contribution in [0.1, 0.15) is 29.8 Å². The molecule has 0 bridgehead atoms. The SMILES string of the molecule is Cc1cncc(C(=O)O)c1OC(C)C. The van der Waals surface area contributed by atoms with Crippen LogP contribution >= 0.6 is 0 Å². The first-order valence-electron chi connectivity index (χ1n) is 4.37. The quantitative estimate of drug-likeness (QED) is 0.799. The lowest BCUT2D eigenvalue weighted by Crippen LogP contribution is -2.11. The molecule has 0 aliphatic heterocycles. The van der Waals surface area contributed by atoms with Crippen LogP contribution in [-0.2, 0) is 0 Å². The summed E-state index contributed by atoms with van der Waals surface area (Å²) in [4.78, 5) is 14.6. The Morgan fingerprint density at radius 3 is 2.64 bits per heavy atom. The van der Waals surface area contributed by atoms with Crippen molar-refractivity contribution in [2.45, 2.75) is 26.9 Å². The Hall–Kier alpha value is -1.58. The van der Waals surface area contributed by atoms with Gasteiger partial charge in [-0.15, -0.1) is 0 Å². The predicted molar refractivity (Wildman–Crippen MR) is 51.7 cm³/mol. The van der Waals surface area contributed by atoms with Gasteiger partial charge in [0.2, 0.25) is 0 Å². The molecule has 14 heavy (non-hydrogen) atoms. The van der Waals surface area contributed by atoms with E-state index in [1.807, 2.05) is 13.8 Å². The van der Waals surface area contributed by atoms with Crippen molar-refractivity contribution in [3.05, 3.63) is 23.5 Å². The van der Waals surface area contributed by atoms with Gasteiger partial charge in [0.05, 0.1) is 6.10 Å². The molecule has 0 spiro atoms. The topological polar surface area (TPSA) is 59.4 Å². The molecule has 4 nitrogen and oxygen atoms in total. The second-order valence-electron chi connectivity index (χ2n) is 3.30. The number of carboxylic acids is 1. The normalized spacial score (nSPS) is 10.3. The molecular formula is C10H13NO3. The van der Waals surface area contributed by atoms with Gasteiger partial charge in [0.1, 0.15) is 11.3 Å². The molecular weight excluding hydrogens is 182 g/mol. The smallest absolute Gasteiger partial charge is 0.341 e. The summed E-state index contributed by atoms with van der Waals surface area (Å²) in [5.74, 6) is -0.612. The second-order valence-corrected chi connectivity index (χ2v) is 3.30. The van der Waals surface area contributed by atoms with Gasteiger partial charge in [-0.3, -0.25) is 4.98 Å². The molecule has 0 amide bonds. The predicted octanol–water partition coefficient (Wildman–Crippen LogP) is 1.88. The van der Waals surface area contributed by atoms with Crippen molar-refractivity contribution in [1.82, 2.24) is 4.98 Å². The molecule has 1 rings (SSSR count). The van der Waals surface area contributed by atoms with Gasteiger partial charge in [0.15, 0.2) is 0 Å². The van der Waals surface area contributed by atoms with Crippen molar-refractivity contribution in [2.75, 3.05) is 0 Å². The van der Waals surface area contributed by atoms with Crippen molar-refractivity contribution in [3.8, 4) is 5.75 Å². The first kappa shape index (κ1) is 10.5. The van der Waals surface area contributed by atoms with Gasteiger partial charge in [0, 0.05) is 18.0 Å². The van der Waals surface area contributed by atoms with Gasteiger partial charge < -0.3 is 9.84 Å². The number of rotatable bonds is 3. The third-order valence-corrected chi connectivity index (χ3v) is 1.66. The monoisotopic (exact) mass is 195 g/mol. The minimum Gasteiger partial charge on any atom is -0.490 e. The molecule has 0 aromatic carbocycles. The van der Waals surface area contributed by atoms with E-state index in [0.29, 0.717) is 5.75 Å². The average molecular weight is 195 g/mol. The van der Waals surface area contributed by atoms with E-state index in [0.717, 1.165) is 5.56 Å². The lowest BCUT2D eigenvalue weighted by atomic mass is 10.2. The Morgan fingerprint density at radius 1 is 1.50 bits per heavy atom. The summed E-state index contributed by atoms with van der Waals surface area (Å²) in [5, 5.41) is 8.88. The maximum Gasteiger partial charge on any atom is 0.341 e. The van der Waals surface area contributed by atoms with Crippen LogP contribution < -0.4 is 4.74 Å². The number of aromatic carboxylic acids is 1. The van der Waals surface area contributed by atoms with Crippen LogP contribution in [0.25, 0.3) is 0 Å². The number of aryl methyl sites for hydroxylation is 1. The lowest BCUT2D eigenvalue weighted by Gasteiger charge is -2.13. The maximum atomic E-state index is 10.8. The fraction of sp³-hybridized carbons (Fsp3) is 0.400. The summed E-state index contributed by atoms with van der Waals surface area (Å²) in [6.45, 7) is 5.48. The minimum absolute atomic E-state index is 0.0470. The maximum absolute atomic E-state index is 10.8. The number of carboxylic acid groups (broad SMARTS) is 1. The summed E-state index contributed by atoms with van der Waals surface area (Å²) in [5.41, 5.74) is 0.845. The van der Waals surface area contributed by atoms with E-state index in [1.54, 1.807) is 13.1 Å². The van der Waals surface area contributed by atoms with Crippen LogP contribution in [0, 0.1) is 6.92 Å². The number of carbonyl (C=O) groups is 1. The van der Waals surface area contributed by atoms with Crippen LogP contribution in [0.3, 0.4) is 0 Å². The Kier molecular flexibility index (Phi) is 3.06. The zero-order valence-corrected chi connectivity index (χ0v) is 8.44. The van der Waals surface area contributed by atoms with Crippen LogP contribution in [0.15, 0.2) is 12.4 Å². The van der Waals surface area contributed by atoms with E-state index in [-0.39, 0.29) is 11.7 Å². The number of nitrogens with zero attached hydrogens (tertiary/aromatic N) is 1. The third-order valence-electron chi connectivity index (χ3n) is 1.66. The van der Waals surface area contributed by atoms with Gasteiger partial charge in [-0.2, -0.15) is 0 Å². The summed E-state index contributed by atoms with van der Waals surface area (Å²) in [6, 6.07) is 0. The first-order chi connectivity index (χ1) is 6.52. The zero-order valence-electron chi connectivity index (χ0n) is 8.44. The van der Waals surface area contributed by atoms with Crippen LogP contribution in [0.4, 0.5) is 0 Å². The van der Waals surface area contributed by atoms with E-state index in [2.05, 4.69) is 4.98 Å². The molecule has 0 aliphatic rings. The fourth-order valence-corrected chi connectivity index (χ4v) is 1.10. The molecule has 76 valence electrons. The van der Waals surface area contributed by atoms with Crippen molar-refractivity contribution >= 4 is 5.97 Å². The third kappa shape index (κ3) is 2.22.